The number of fused-ring (bicyclic) bond motifs is 1. The van der Waals surface area contributed by atoms with Crippen molar-refractivity contribution >= 4 is 27.4 Å². The molecule has 0 unspecified atom stereocenters. The fourth-order valence-electron chi connectivity index (χ4n) is 2.55. The lowest BCUT2D eigenvalue weighted by Gasteiger charge is -2.09. The second-order valence-corrected chi connectivity index (χ2v) is 6.22. The number of ether oxygens (including phenoxy) is 1. The van der Waals surface area contributed by atoms with E-state index in [1.165, 1.54) is 11.1 Å². The van der Waals surface area contributed by atoms with Gasteiger partial charge in [0.25, 0.3) is 0 Å². The van der Waals surface area contributed by atoms with Crippen molar-refractivity contribution in [3.63, 3.8) is 0 Å². The van der Waals surface area contributed by atoms with Gasteiger partial charge in [0.15, 0.2) is 0 Å². The summed E-state index contributed by atoms with van der Waals surface area (Å²) in [5, 5.41) is 15.2. The molecule has 126 valence electrons. The molecule has 2 heterocycles. The van der Waals surface area contributed by atoms with E-state index in [0.717, 1.165) is 28.0 Å². The molecule has 0 saturated heterocycles. The lowest BCUT2D eigenvalue weighted by Crippen LogP contribution is -2.12. The van der Waals surface area contributed by atoms with Crippen LogP contribution in [0.5, 0.6) is 0 Å². The Morgan fingerprint density at radius 2 is 2.00 bits per heavy atom. The van der Waals surface area contributed by atoms with Gasteiger partial charge in [-0.25, -0.2) is 9.97 Å². The second kappa shape index (κ2) is 8.19. The third-order valence-electron chi connectivity index (χ3n) is 3.82. The lowest BCUT2D eigenvalue weighted by molar-refractivity contribution is 0.0992. The van der Waals surface area contributed by atoms with Crippen molar-refractivity contribution < 1.29 is 9.84 Å². The Hall–Kier alpha value is -2.02. The number of aromatic nitrogens is 2. The van der Waals surface area contributed by atoms with E-state index in [0.29, 0.717) is 19.8 Å². The van der Waals surface area contributed by atoms with Gasteiger partial charge in [-0.2, -0.15) is 0 Å². The van der Waals surface area contributed by atoms with Gasteiger partial charge >= 0.3 is 0 Å². The van der Waals surface area contributed by atoms with Crippen molar-refractivity contribution in [1.29, 1.82) is 0 Å². The molecule has 0 aliphatic rings. The Balaban J connectivity index is 1.86. The topological polar surface area (TPSA) is 67.3 Å². The fraction of sp³-hybridized carbons (Fsp3) is 0.333. The van der Waals surface area contributed by atoms with Crippen molar-refractivity contribution in [3.05, 3.63) is 41.5 Å². The molecular weight excluding hydrogens is 322 g/mol. The van der Waals surface area contributed by atoms with Gasteiger partial charge in [0, 0.05) is 17.5 Å². The molecular formula is C18H21N3O2S. The maximum atomic E-state index is 8.73. The van der Waals surface area contributed by atoms with Gasteiger partial charge in [-0.1, -0.05) is 31.2 Å². The molecule has 3 aromatic rings. The van der Waals surface area contributed by atoms with Crippen molar-refractivity contribution in [2.75, 3.05) is 31.7 Å². The van der Waals surface area contributed by atoms with Crippen LogP contribution in [0.2, 0.25) is 0 Å². The number of aryl methyl sites for hydroxylation is 1. The number of hydrogen-bond acceptors (Lipinski definition) is 6. The molecule has 6 heteroatoms. The Kier molecular flexibility index (Phi) is 5.74. The van der Waals surface area contributed by atoms with E-state index in [2.05, 4.69) is 51.9 Å². The first-order valence-corrected chi connectivity index (χ1v) is 8.95. The number of nitrogens with zero attached hydrogens (tertiary/aromatic N) is 2. The summed E-state index contributed by atoms with van der Waals surface area (Å²) in [7, 11) is 0. The molecule has 0 saturated carbocycles. The Bertz CT molecular complexity index is 787. The number of aliphatic hydroxyl groups is 1. The number of nitrogens with one attached hydrogen (secondary N) is 1. The summed E-state index contributed by atoms with van der Waals surface area (Å²) in [6.07, 6.45) is 2.62. The van der Waals surface area contributed by atoms with Gasteiger partial charge < -0.3 is 15.2 Å². The maximum absolute atomic E-state index is 8.73. The Labute approximate surface area is 145 Å². The summed E-state index contributed by atoms with van der Waals surface area (Å²) in [6, 6.07) is 8.64. The fourth-order valence-corrected chi connectivity index (χ4v) is 3.47. The van der Waals surface area contributed by atoms with Crippen LogP contribution in [0.4, 0.5) is 5.82 Å². The molecule has 0 radical (unpaired) electrons. The molecule has 0 atom stereocenters. The zero-order valence-corrected chi connectivity index (χ0v) is 14.5. The lowest BCUT2D eigenvalue weighted by atomic mass is 10.0. The highest BCUT2D eigenvalue weighted by molar-refractivity contribution is 7.17. The SMILES string of the molecule is CCc1ccc(-c2csc3ncnc(NCCOCCO)c23)cc1. The van der Waals surface area contributed by atoms with Crippen LogP contribution in [0.25, 0.3) is 21.3 Å². The van der Waals surface area contributed by atoms with E-state index < -0.39 is 0 Å². The Morgan fingerprint density at radius 1 is 1.17 bits per heavy atom. The van der Waals surface area contributed by atoms with Crippen molar-refractivity contribution in [3.8, 4) is 11.1 Å². The number of anilines is 1. The van der Waals surface area contributed by atoms with Crippen LogP contribution in [-0.4, -0.2) is 41.4 Å². The van der Waals surface area contributed by atoms with E-state index in [1.807, 2.05) is 0 Å². The van der Waals surface area contributed by atoms with Crippen LogP contribution in [0.15, 0.2) is 36.0 Å². The quantitative estimate of drug-likeness (QED) is 0.614. The number of rotatable bonds is 8. The number of hydrogen-bond donors (Lipinski definition) is 2. The standard InChI is InChI=1S/C18H21N3O2S/c1-2-13-3-5-14(6-4-13)15-11-24-18-16(15)17(20-12-21-18)19-7-9-23-10-8-22/h3-6,11-12,22H,2,7-10H2,1H3,(H,19,20,21). The molecule has 0 aliphatic heterocycles. The minimum absolute atomic E-state index is 0.0419. The zero-order chi connectivity index (χ0) is 16.8. The number of benzene rings is 1. The smallest absolute Gasteiger partial charge is 0.138 e. The number of thiophene rings is 1. The van der Waals surface area contributed by atoms with E-state index >= 15 is 0 Å². The summed E-state index contributed by atoms with van der Waals surface area (Å²) in [4.78, 5) is 9.75. The van der Waals surface area contributed by atoms with E-state index in [1.54, 1.807) is 17.7 Å². The number of aliphatic hydroxyl groups excluding tert-OH is 1. The first-order chi connectivity index (χ1) is 11.8. The van der Waals surface area contributed by atoms with E-state index in [-0.39, 0.29) is 6.61 Å². The molecule has 0 amide bonds. The summed E-state index contributed by atoms with van der Waals surface area (Å²) in [5.74, 6) is 0.823. The molecule has 0 fully saturated rings. The monoisotopic (exact) mass is 343 g/mol. The van der Waals surface area contributed by atoms with Crippen LogP contribution in [0.1, 0.15) is 12.5 Å². The van der Waals surface area contributed by atoms with Crippen LogP contribution in [0, 0.1) is 0 Å². The molecule has 24 heavy (non-hydrogen) atoms. The molecule has 0 bridgehead atoms. The van der Waals surface area contributed by atoms with Crippen molar-refractivity contribution in [1.82, 2.24) is 9.97 Å². The average molecular weight is 343 g/mol. The molecule has 2 N–H and O–H groups in total. The van der Waals surface area contributed by atoms with E-state index in [9.17, 15) is 0 Å². The normalized spacial score (nSPS) is 11.1. The molecule has 1 aromatic carbocycles. The summed E-state index contributed by atoms with van der Waals surface area (Å²) in [5.41, 5.74) is 3.65. The molecule has 3 rings (SSSR count). The van der Waals surface area contributed by atoms with Gasteiger partial charge in [-0.05, 0) is 17.5 Å². The average Bonchev–Trinajstić information content (AvgIpc) is 3.06. The van der Waals surface area contributed by atoms with Crippen molar-refractivity contribution in [2.45, 2.75) is 13.3 Å². The van der Waals surface area contributed by atoms with Gasteiger partial charge in [-0.15, -0.1) is 11.3 Å². The highest BCUT2D eigenvalue weighted by Gasteiger charge is 2.12. The predicted octanol–water partition coefficient (Wildman–Crippen LogP) is 3.34. The summed E-state index contributed by atoms with van der Waals surface area (Å²) in [6.45, 7) is 3.71. The Morgan fingerprint density at radius 3 is 2.75 bits per heavy atom. The predicted molar refractivity (Wildman–Crippen MR) is 98.6 cm³/mol. The summed E-state index contributed by atoms with van der Waals surface area (Å²) >= 11 is 1.62. The highest BCUT2D eigenvalue weighted by Crippen LogP contribution is 2.36. The van der Waals surface area contributed by atoms with Gasteiger partial charge in [0.2, 0.25) is 0 Å². The highest BCUT2D eigenvalue weighted by atomic mass is 32.1. The minimum atomic E-state index is 0.0419. The minimum Gasteiger partial charge on any atom is -0.394 e. The summed E-state index contributed by atoms with van der Waals surface area (Å²) < 4.78 is 5.29. The second-order valence-electron chi connectivity index (χ2n) is 5.37. The van der Waals surface area contributed by atoms with Gasteiger partial charge in [-0.3, -0.25) is 0 Å². The van der Waals surface area contributed by atoms with Crippen molar-refractivity contribution in [2.24, 2.45) is 0 Å². The van der Waals surface area contributed by atoms with Crippen LogP contribution in [0.3, 0.4) is 0 Å². The van der Waals surface area contributed by atoms with Gasteiger partial charge in [0.1, 0.15) is 17.0 Å². The maximum Gasteiger partial charge on any atom is 0.138 e. The zero-order valence-electron chi connectivity index (χ0n) is 13.7. The van der Waals surface area contributed by atoms with Crippen LogP contribution in [-0.2, 0) is 11.2 Å². The third-order valence-corrected chi connectivity index (χ3v) is 4.70. The first kappa shape index (κ1) is 16.8. The molecule has 5 nitrogen and oxygen atoms in total. The van der Waals surface area contributed by atoms with Crippen LogP contribution >= 0.6 is 11.3 Å². The van der Waals surface area contributed by atoms with E-state index in [4.69, 9.17) is 9.84 Å². The third kappa shape index (κ3) is 3.72. The molecule has 2 aromatic heterocycles. The molecule has 0 aliphatic carbocycles. The van der Waals surface area contributed by atoms with Crippen LogP contribution < -0.4 is 5.32 Å². The largest absolute Gasteiger partial charge is 0.394 e. The first-order valence-electron chi connectivity index (χ1n) is 8.07. The molecule has 0 spiro atoms. The van der Waals surface area contributed by atoms with Gasteiger partial charge in [0.05, 0.1) is 25.2 Å².